The summed E-state index contributed by atoms with van der Waals surface area (Å²) in [7, 11) is -7.32. The largest absolute Gasteiger partial charge is 0.481 e. The first-order valence-electron chi connectivity index (χ1n) is 16.6. The van der Waals surface area contributed by atoms with E-state index in [1.807, 2.05) is 6.92 Å². The first kappa shape index (κ1) is 40.0. The molecule has 28 heteroatoms. The van der Waals surface area contributed by atoms with Gasteiger partial charge in [0.15, 0.2) is 35.1 Å². The van der Waals surface area contributed by atoms with Gasteiger partial charge in [-0.2, -0.15) is 4.98 Å². The number of aliphatic hydroxyl groups is 1. The van der Waals surface area contributed by atoms with Crippen LogP contribution in [0.1, 0.15) is 38.6 Å². The van der Waals surface area contributed by atoms with Crippen molar-refractivity contribution < 1.29 is 61.5 Å². The van der Waals surface area contributed by atoms with Gasteiger partial charge < -0.3 is 40.9 Å². The number of nitrogen functional groups attached to an aromatic ring is 2. The number of aliphatic carboxylic acids is 1. The summed E-state index contributed by atoms with van der Waals surface area (Å²) in [5.74, 6) is -1.59. The van der Waals surface area contributed by atoms with Crippen LogP contribution in [0, 0.1) is 5.92 Å². The average molecular weight is 851 g/mol. The Morgan fingerprint density at radius 3 is 2.36 bits per heavy atom. The lowest BCUT2D eigenvalue weighted by Crippen LogP contribution is -2.36. The van der Waals surface area contributed by atoms with Gasteiger partial charge >= 0.3 is 21.6 Å². The fourth-order valence-electron chi connectivity index (χ4n) is 6.47. The quantitative estimate of drug-likeness (QED) is 0.0663. The lowest BCUT2D eigenvalue weighted by molar-refractivity contribution is -0.137. The lowest BCUT2D eigenvalue weighted by atomic mass is 9.95. The van der Waals surface area contributed by atoms with Crippen molar-refractivity contribution in [3.05, 3.63) is 29.3 Å². The van der Waals surface area contributed by atoms with Crippen LogP contribution in [0.15, 0.2) is 23.8 Å². The monoisotopic (exact) mass is 850 g/mol. The number of nitrogens with two attached hydrogens (primary N) is 2. The van der Waals surface area contributed by atoms with Gasteiger partial charge in [-0.3, -0.25) is 41.8 Å². The molecule has 7 heterocycles. The number of nitrogens with one attached hydrogen (secondary N) is 1. The molecular formula is C27H36N10O14P2S2. The summed E-state index contributed by atoms with van der Waals surface area (Å²) in [4.78, 5) is 68.5. The Bertz CT molecular complexity index is 2210. The number of hydrogen-bond donors (Lipinski definition) is 7. The minimum absolute atomic E-state index is 0.00747. The maximum Gasteiger partial charge on any atom is 0.472 e. The Labute approximate surface area is 317 Å². The predicted octanol–water partition coefficient (Wildman–Crippen LogP) is 0.939. The Balaban J connectivity index is 1.18. The average Bonchev–Trinajstić information content (AvgIpc) is 3.88. The molecule has 0 radical (unpaired) electrons. The van der Waals surface area contributed by atoms with Crippen molar-refractivity contribution >= 4 is 77.3 Å². The summed E-state index contributed by atoms with van der Waals surface area (Å²) in [6, 6.07) is 0. The number of carboxylic acids is 1. The van der Waals surface area contributed by atoms with E-state index < -0.39 is 89.3 Å². The maximum atomic E-state index is 13.8. The van der Waals surface area contributed by atoms with E-state index in [4.69, 9.17) is 44.1 Å². The van der Waals surface area contributed by atoms with E-state index in [1.54, 1.807) is 0 Å². The molecule has 2 bridgehead atoms. The van der Waals surface area contributed by atoms with Crippen molar-refractivity contribution in [3.8, 4) is 0 Å². The van der Waals surface area contributed by atoms with Crippen LogP contribution >= 0.6 is 37.2 Å². The second-order valence-corrected chi connectivity index (χ2v) is 18.5. The van der Waals surface area contributed by atoms with Gasteiger partial charge in [0.25, 0.3) is 5.56 Å². The molecule has 3 fully saturated rings. The van der Waals surface area contributed by atoms with Crippen LogP contribution in [0.4, 0.5) is 11.8 Å². The molecule has 55 heavy (non-hydrogen) atoms. The minimum Gasteiger partial charge on any atom is -0.481 e. The Hall–Kier alpha value is -3.23. The normalized spacial score (nSPS) is 33.5. The summed E-state index contributed by atoms with van der Waals surface area (Å²) in [5.41, 5.74) is 11.2. The number of nitrogens with zero attached hydrogens (tertiary/aromatic N) is 7. The molecule has 0 aliphatic carbocycles. The summed E-state index contributed by atoms with van der Waals surface area (Å²) in [6.07, 6.45) is -5.78. The smallest absolute Gasteiger partial charge is 0.472 e. The molecule has 0 amide bonds. The highest BCUT2D eigenvalue weighted by Crippen LogP contribution is 2.55. The number of carbonyl (C=O) groups is 1. The number of H-pyrrole nitrogens is 1. The van der Waals surface area contributed by atoms with Crippen molar-refractivity contribution in [2.75, 3.05) is 30.4 Å². The highest BCUT2D eigenvalue weighted by Gasteiger charge is 2.54. The zero-order chi connectivity index (χ0) is 39.2. The molecule has 7 rings (SSSR count). The zero-order valence-corrected chi connectivity index (χ0v) is 32.0. The van der Waals surface area contributed by atoms with Gasteiger partial charge in [0.2, 0.25) is 5.95 Å². The van der Waals surface area contributed by atoms with Crippen LogP contribution in [0.2, 0.25) is 0 Å². The van der Waals surface area contributed by atoms with Gasteiger partial charge in [-0.25, -0.2) is 29.1 Å². The van der Waals surface area contributed by atoms with Gasteiger partial charge in [-0.05, 0) is 12.8 Å². The van der Waals surface area contributed by atoms with Gasteiger partial charge in [-0.1, -0.05) is 28.5 Å². The number of carboxylic acid groups (broad SMARTS) is 1. The van der Waals surface area contributed by atoms with Crippen LogP contribution in [0.25, 0.3) is 22.3 Å². The third-order valence-electron chi connectivity index (χ3n) is 9.04. The molecule has 3 saturated heterocycles. The molecule has 9 N–H and O–H groups in total. The molecule has 0 spiro atoms. The van der Waals surface area contributed by atoms with Crippen molar-refractivity contribution in [1.82, 2.24) is 39.0 Å². The van der Waals surface area contributed by atoms with Gasteiger partial charge in [0.05, 0.1) is 32.0 Å². The Morgan fingerprint density at radius 1 is 0.982 bits per heavy atom. The molecule has 4 aromatic rings. The number of ether oxygens (including phenoxy) is 2. The van der Waals surface area contributed by atoms with E-state index in [9.17, 15) is 33.6 Å². The number of aliphatic hydroxyl groups excluding tert-OH is 1. The first-order chi connectivity index (χ1) is 26.1. The van der Waals surface area contributed by atoms with Crippen molar-refractivity contribution in [1.29, 1.82) is 0 Å². The molecule has 3 aliphatic heterocycles. The van der Waals surface area contributed by atoms with Crippen molar-refractivity contribution in [3.63, 3.8) is 0 Å². The highest BCUT2D eigenvalue weighted by atomic mass is 33.1. The second kappa shape index (κ2) is 16.0. The number of aromatic amines is 1. The Morgan fingerprint density at radius 2 is 1.64 bits per heavy atom. The van der Waals surface area contributed by atoms with Gasteiger partial charge in [-0.15, -0.1) is 0 Å². The SMILES string of the molecule is CC(CCC(=O)O)SSCC[C@H]1[C@H]2OP(=O)(O)OC[C@H]3O[C@@H](n4cnc5c(N)ncnc54)[C@H](O)[C@@H]3OP(=O)(O)OC[C@H]1O[C@H]2n1cnc2c(=O)[nH]c(N)nc21. The molecule has 3 unspecified atom stereocenters. The zero-order valence-electron chi connectivity index (χ0n) is 28.5. The van der Waals surface area contributed by atoms with E-state index in [2.05, 4.69) is 29.9 Å². The molecule has 24 nitrogen and oxygen atoms in total. The number of aromatic nitrogens is 8. The molecule has 0 aromatic carbocycles. The summed E-state index contributed by atoms with van der Waals surface area (Å²) in [6.45, 7) is 0.452. The van der Waals surface area contributed by atoms with Crippen LogP contribution in [-0.4, -0.2) is 120 Å². The molecule has 4 aromatic heterocycles. The topological polar surface area (TPSA) is 347 Å². The third kappa shape index (κ3) is 8.56. The molecular weight excluding hydrogens is 814 g/mol. The molecule has 0 saturated carbocycles. The van der Waals surface area contributed by atoms with E-state index in [0.29, 0.717) is 12.2 Å². The second-order valence-electron chi connectivity index (χ2n) is 12.8. The van der Waals surface area contributed by atoms with E-state index in [1.165, 1.54) is 43.4 Å². The van der Waals surface area contributed by atoms with Crippen molar-refractivity contribution in [2.45, 2.75) is 74.4 Å². The number of anilines is 2. The highest BCUT2D eigenvalue weighted by molar-refractivity contribution is 8.76. The summed E-state index contributed by atoms with van der Waals surface area (Å²) in [5, 5.41) is 20.4. The van der Waals surface area contributed by atoms with Crippen molar-refractivity contribution in [2.24, 2.45) is 5.92 Å². The molecule has 300 valence electrons. The Kier molecular flexibility index (Phi) is 11.6. The lowest BCUT2D eigenvalue weighted by Gasteiger charge is -2.27. The maximum absolute atomic E-state index is 13.8. The predicted molar refractivity (Wildman–Crippen MR) is 192 cm³/mol. The number of fused-ring (bicyclic) bond motifs is 5. The van der Waals surface area contributed by atoms with Gasteiger partial charge in [0.1, 0.15) is 36.3 Å². The standard InChI is InChI=1S/C27H36N10O14P2S2/c1-11(2-3-15(38)39)55-54-5-4-12-13-6-46-53(44,45)51-20-14(49-25(18(20)40)36-9-32-16-21(28)30-8-31-22(16)36)7-47-52(42,43)50-19(12)26(48-13)37-10-33-17-23(37)34-27(29)35-24(17)41/h8-14,18-20,25-26,40H,2-7H2,1H3,(H,38,39)(H,42,43)(H,44,45)(H2,28,30,31)(H3,29,34,35,41)/t11?,12-,13-,14-,18-,19-,20-,25-,26-/m1/s1. The first-order valence-corrected chi connectivity index (χ1v) is 21.9. The minimum atomic E-state index is -5.09. The van der Waals surface area contributed by atoms with E-state index in [0.717, 1.165) is 6.33 Å². The summed E-state index contributed by atoms with van der Waals surface area (Å²) >= 11 is 0. The summed E-state index contributed by atoms with van der Waals surface area (Å²) < 4.78 is 64.3. The number of phosphoric acid groups is 2. The number of rotatable bonds is 10. The van der Waals surface area contributed by atoms with Crippen LogP contribution in [0.5, 0.6) is 0 Å². The third-order valence-corrected chi connectivity index (χ3v) is 14.0. The van der Waals surface area contributed by atoms with Gasteiger partial charge in [0, 0.05) is 23.3 Å². The van der Waals surface area contributed by atoms with Crippen LogP contribution in [-0.2, 0) is 41.5 Å². The van der Waals surface area contributed by atoms with E-state index >= 15 is 0 Å². The fraction of sp³-hybridized carbons (Fsp3) is 0.593. The number of phosphoric ester groups is 2. The fourth-order valence-corrected chi connectivity index (χ4v) is 10.9. The molecule has 11 atom stereocenters. The molecule has 3 aliphatic rings. The van der Waals surface area contributed by atoms with Crippen LogP contribution < -0.4 is 17.0 Å². The number of imidazole rings is 2. The number of hydrogen-bond acceptors (Lipinski definition) is 20. The van der Waals surface area contributed by atoms with E-state index in [-0.39, 0.29) is 52.2 Å². The van der Waals surface area contributed by atoms with Crippen LogP contribution in [0.3, 0.4) is 0 Å².